The van der Waals surface area contributed by atoms with Crippen molar-refractivity contribution < 1.29 is 9.53 Å². The number of aromatic nitrogens is 1. The molecule has 0 atom stereocenters. The predicted octanol–water partition coefficient (Wildman–Crippen LogP) is 6.35. The fraction of sp³-hybridized carbons (Fsp3) is 0.0400. The van der Waals surface area contributed by atoms with Gasteiger partial charge in [0.15, 0.2) is 0 Å². The second kappa shape index (κ2) is 10.4. The number of rotatable bonds is 7. The molecule has 0 aliphatic carbocycles. The van der Waals surface area contributed by atoms with Gasteiger partial charge in [-0.25, -0.2) is 5.43 Å². The van der Waals surface area contributed by atoms with E-state index in [1.54, 1.807) is 12.3 Å². The molecule has 0 unspecified atom stereocenters. The molecule has 1 heterocycles. The van der Waals surface area contributed by atoms with Crippen LogP contribution in [0.5, 0.6) is 5.75 Å². The van der Waals surface area contributed by atoms with Crippen LogP contribution in [0.25, 0.3) is 5.69 Å². The molecule has 0 aliphatic rings. The van der Waals surface area contributed by atoms with E-state index >= 15 is 0 Å². The second-order valence-corrected chi connectivity index (χ2v) is 8.67. The molecule has 1 aromatic heterocycles. The van der Waals surface area contributed by atoms with Gasteiger partial charge in [-0.2, -0.15) is 5.10 Å². The molecule has 4 aromatic rings. The number of hydrogen-bond donors (Lipinski definition) is 1. The summed E-state index contributed by atoms with van der Waals surface area (Å²) in [5.74, 6) is 0.479. The standard InChI is InChI=1S/C25H19Br2N3O2/c26-20-10-9-19(23(27)15-20)17-32-21-11-7-18(8-12-21)16-28-29-25(31)22-5-1-2-6-24(22)30-13-3-4-14-30/h1-16H,17H2,(H,29,31)/b28-16-. The molecule has 0 saturated heterocycles. The van der Waals surface area contributed by atoms with Crippen LogP contribution in [0.15, 0.2) is 105 Å². The molecule has 0 spiro atoms. The maximum atomic E-state index is 12.6. The summed E-state index contributed by atoms with van der Waals surface area (Å²) < 4.78 is 9.75. The quantitative estimate of drug-likeness (QED) is 0.215. The average molecular weight is 553 g/mol. The Labute approximate surface area is 203 Å². The van der Waals surface area contributed by atoms with E-state index in [0.717, 1.165) is 31.5 Å². The highest BCUT2D eigenvalue weighted by atomic mass is 79.9. The summed E-state index contributed by atoms with van der Waals surface area (Å²) >= 11 is 6.99. The van der Waals surface area contributed by atoms with E-state index in [-0.39, 0.29) is 5.91 Å². The van der Waals surface area contributed by atoms with Gasteiger partial charge in [-0.3, -0.25) is 4.79 Å². The van der Waals surface area contributed by atoms with Gasteiger partial charge in [0.05, 0.1) is 17.5 Å². The summed E-state index contributed by atoms with van der Waals surface area (Å²) in [5.41, 5.74) is 5.84. The highest BCUT2D eigenvalue weighted by molar-refractivity contribution is 9.11. The topological polar surface area (TPSA) is 55.6 Å². The van der Waals surface area contributed by atoms with Crippen molar-refractivity contribution in [2.45, 2.75) is 6.61 Å². The molecule has 0 saturated carbocycles. The summed E-state index contributed by atoms with van der Waals surface area (Å²) in [5, 5.41) is 4.10. The molecule has 0 radical (unpaired) electrons. The first kappa shape index (κ1) is 22.0. The number of amides is 1. The Balaban J connectivity index is 1.35. The van der Waals surface area contributed by atoms with Crippen LogP contribution in [-0.4, -0.2) is 16.7 Å². The lowest BCUT2D eigenvalue weighted by Gasteiger charge is -2.09. The van der Waals surface area contributed by atoms with Gasteiger partial charge in [0.2, 0.25) is 0 Å². The zero-order valence-electron chi connectivity index (χ0n) is 16.9. The average Bonchev–Trinajstić information content (AvgIpc) is 3.34. The smallest absolute Gasteiger partial charge is 0.273 e. The zero-order valence-corrected chi connectivity index (χ0v) is 20.1. The zero-order chi connectivity index (χ0) is 22.3. The van der Waals surface area contributed by atoms with E-state index in [1.807, 2.05) is 89.8 Å². The van der Waals surface area contributed by atoms with Gasteiger partial charge < -0.3 is 9.30 Å². The Kier molecular flexibility index (Phi) is 7.19. The molecule has 0 bridgehead atoms. The number of ether oxygens (including phenoxy) is 1. The van der Waals surface area contributed by atoms with Crippen molar-refractivity contribution in [3.05, 3.63) is 117 Å². The van der Waals surface area contributed by atoms with Gasteiger partial charge in [0.1, 0.15) is 12.4 Å². The highest BCUT2D eigenvalue weighted by Crippen LogP contribution is 2.23. The third-order valence-electron chi connectivity index (χ3n) is 4.70. The van der Waals surface area contributed by atoms with Crippen molar-refractivity contribution >= 4 is 44.0 Å². The number of benzene rings is 3. The molecule has 4 rings (SSSR count). The number of carbonyl (C=O) groups is 1. The minimum atomic E-state index is -0.273. The maximum absolute atomic E-state index is 12.6. The normalized spacial score (nSPS) is 10.9. The molecule has 3 aromatic carbocycles. The molecular formula is C25H19Br2N3O2. The Morgan fingerprint density at radius 3 is 2.47 bits per heavy atom. The molecular weight excluding hydrogens is 534 g/mol. The first-order chi connectivity index (χ1) is 15.6. The first-order valence-electron chi connectivity index (χ1n) is 9.83. The number of nitrogens with one attached hydrogen (secondary N) is 1. The summed E-state index contributed by atoms with van der Waals surface area (Å²) in [6.07, 6.45) is 5.40. The molecule has 32 heavy (non-hydrogen) atoms. The second-order valence-electron chi connectivity index (χ2n) is 6.90. The van der Waals surface area contributed by atoms with Crippen molar-refractivity contribution in [2.75, 3.05) is 0 Å². The van der Waals surface area contributed by atoms with Crippen LogP contribution in [0.1, 0.15) is 21.5 Å². The maximum Gasteiger partial charge on any atom is 0.273 e. The van der Waals surface area contributed by atoms with Crippen LogP contribution in [0.2, 0.25) is 0 Å². The first-order valence-corrected chi connectivity index (χ1v) is 11.4. The SMILES string of the molecule is O=C(N/N=C\c1ccc(OCc2ccc(Br)cc2Br)cc1)c1ccccc1-n1cccc1. The number of hydrazone groups is 1. The van der Waals surface area contributed by atoms with E-state index in [1.165, 1.54) is 0 Å². The molecule has 0 aliphatic heterocycles. The van der Waals surface area contributed by atoms with E-state index in [2.05, 4.69) is 42.4 Å². The molecule has 1 amide bonds. The van der Waals surface area contributed by atoms with Crippen LogP contribution < -0.4 is 10.2 Å². The van der Waals surface area contributed by atoms with Crippen LogP contribution in [-0.2, 0) is 6.61 Å². The third-order valence-corrected chi connectivity index (χ3v) is 5.93. The number of carbonyl (C=O) groups excluding carboxylic acids is 1. The van der Waals surface area contributed by atoms with Crippen molar-refractivity contribution in [3.63, 3.8) is 0 Å². The van der Waals surface area contributed by atoms with Crippen molar-refractivity contribution in [3.8, 4) is 11.4 Å². The summed E-state index contributed by atoms with van der Waals surface area (Å²) in [6, 6.07) is 24.7. The lowest BCUT2D eigenvalue weighted by Crippen LogP contribution is -2.19. The summed E-state index contributed by atoms with van der Waals surface area (Å²) in [4.78, 5) is 12.6. The molecule has 160 valence electrons. The van der Waals surface area contributed by atoms with Crippen LogP contribution in [0.3, 0.4) is 0 Å². The Bertz CT molecular complexity index is 1240. The fourth-order valence-electron chi connectivity index (χ4n) is 3.06. The fourth-order valence-corrected chi connectivity index (χ4v) is 4.22. The van der Waals surface area contributed by atoms with E-state index in [4.69, 9.17) is 4.74 Å². The van der Waals surface area contributed by atoms with Crippen molar-refractivity contribution in [1.29, 1.82) is 0 Å². The number of nitrogens with zero attached hydrogens (tertiary/aromatic N) is 2. The lowest BCUT2D eigenvalue weighted by atomic mass is 10.1. The Morgan fingerprint density at radius 1 is 0.969 bits per heavy atom. The van der Waals surface area contributed by atoms with Gasteiger partial charge in [0, 0.05) is 26.9 Å². The monoisotopic (exact) mass is 551 g/mol. The predicted molar refractivity (Wildman–Crippen MR) is 133 cm³/mol. The van der Waals surface area contributed by atoms with E-state index < -0.39 is 0 Å². The summed E-state index contributed by atoms with van der Waals surface area (Å²) in [6.45, 7) is 0.457. The van der Waals surface area contributed by atoms with Gasteiger partial charge in [-0.05, 0) is 66.2 Å². The summed E-state index contributed by atoms with van der Waals surface area (Å²) in [7, 11) is 0. The van der Waals surface area contributed by atoms with Gasteiger partial charge in [0.25, 0.3) is 5.91 Å². The van der Waals surface area contributed by atoms with Gasteiger partial charge in [-0.15, -0.1) is 0 Å². The van der Waals surface area contributed by atoms with Crippen molar-refractivity contribution in [1.82, 2.24) is 9.99 Å². The van der Waals surface area contributed by atoms with E-state index in [9.17, 15) is 4.79 Å². The minimum absolute atomic E-state index is 0.273. The van der Waals surface area contributed by atoms with Crippen LogP contribution in [0, 0.1) is 0 Å². The largest absolute Gasteiger partial charge is 0.489 e. The molecule has 5 nitrogen and oxygen atoms in total. The number of para-hydroxylation sites is 1. The van der Waals surface area contributed by atoms with Gasteiger partial charge >= 0.3 is 0 Å². The Hall–Kier alpha value is -3.16. The number of halogens is 2. The van der Waals surface area contributed by atoms with Crippen molar-refractivity contribution in [2.24, 2.45) is 5.10 Å². The molecule has 1 N–H and O–H groups in total. The van der Waals surface area contributed by atoms with Gasteiger partial charge in [-0.1, -0.05) is 50.1 Å². The lowest BCUT2D eigenvalue weighted by molar-refractivity contribution is 0.0955. The minimum Gasteiger partial charge on any atom is -0.489 e. The van der Waals surface area contributed by atoms with Crippen LogP contribution >= 0.6 is 31.9 Å². The van der Waals surface area contributed by atoms with E-state index in [0.29, 0.717) is 12.2 Å². The third kappa shape index (κ3) is 5.55. The highest BCUT2D eigenvalue weighted by Gasteiger charge is 2.11. The molecule has 7 heteroatoms. The molecule has 0 fully saturated rings. The number of hydrogen-bond acceptors (Lipinski definition) is 3. The van der Waals surface area contributed by atoms with Crippen LogP contribution in [0.4, 0.5) is 0 Å². The Morgan fingerprint density at radius 2 is 1.72 bits per heavy atom.